The summed E-state index contributed by atoms with van der Waals surface area (Å²) in [6.07, 6.45) is 3.61. The van der Waals surface area contributed by atoms with Crippen molar-refractivity contribution in [2.75, 3.05) is 5.32 Å². The summed E-state index contributed by atoms with van der Waals surface area (Å²) in [4.78, 5) is 42.1. The lowest BCUT2D eigenvalue weighted by Crippen LogP contribution is -2.29. The molecule has 26 heavy (non-hydrogen) atoms. The topological polar surface area (TPSA) is 123 Å². The number of carbonyl (C=O) groups is 1. The van der Waals surface area contributed by atoms with Gasteiger partial charge in [-0.1, -0.05) is 5.16 Å². The number of aromatic nitrogens is 4. The van der Waals surface area contributed by atoms with Gasteiger partial charge in [0.25, 0.3) is 11.4 Å². The highest BCUT2D eigenvalue weighted by molar-refractivity contribution is 7.14. The quantitative estimate of drug-likeness (QED) is 0.676. The van der Waals surface area contributed by atoms with E-state index in [4.69, 9.17) is 4.52 Å². The van der Waals surface area contributed by atoms with Gasteiger partial charge >= 0.3 is 5.69 Å². The Balaban J connectivity index is 1.42. The zero-order valence-corrected chi connectivity index (χ0v) is 14.4. The molecule has 1 aliphatic carbocycles. The number of anilines is 1. The minimum absolute atomic E-state index is 0.0817. The van der Waals surface area contributed by atoms with Crippen LogP contribution in [-0.2, 0) is 11.3 Å². The van der Waals surface area contributed by atoms with E-state index in [1.807, 2.05) is 5.38 Å². The fourth-order valence-electron chi connectivity index (χ4n) is 2.46. The van der Waals surface area contributed by atoms with Crippen LogP contribution in [0.3, 0.4) is 0 Å². The molecule has 10 heteroatoms. The molecular weight excluding hydrogens is 358 g/mol. The minimum atomic E-state index is -0.542. The second kappa shape index (κ2) is 6.71. The molecule has 0 aliphatic heterocycles. The van der Waals surface area contributed by atoms with Crippen molar-refractivity contribution in [3.63, 3.8) is 0 Å². The van der Waals surface area contributed by atoms with Crippen LogP contribution in [0.2, 0.25) is 0 Å². The van der Waals surface area contributed by atoms with Gasteiger partial charge in [-0.3, -0.25) is 14.6 Å². The molecule has 3 heterocycles. The Bertz CT molecular complexity index is 1060. The molecular formula is C16H15N5O4S. The van der Waals surface area contributed by atoms with Gasteiger partial charge in [-0.2, -0.15) is 4.98 Å². The normalized spacial score (nSPS) is 13.7. The number of nitrogens with zero attached hydrogens (tertiary/aromatic N) is 3. The summed E-state index contributed by atoms with van der Waals surface area (Å²) in [6, 6.07) is 3.01. The zero-order chi connectivity index (χ0) is 18.1. The summed E-state index contributed by atoms with van der Waals surface area (Å²) >= 11 is 1.40. The van der Waals surface area contributed by atoms with Gasteiger partial charge in [0, 0.05) is 31.1 Å². The zero-order valence-electron chi connectivity index (χ0n) is 13.6. The molecule has 0 unspecified atom stereocenters. The maximum Gasteiger partial charge on any atom is 0.328 e. The van der Waals surface area contributed by atoms with E-state index in [9.17, 15) is 14.4 Å². The van der Waals surface area contributed by atoms with Gasteiger partial charge in [-0.25, -0.2) is 4.79 Å². The van der Waals surface area contributed by atoms with Gasteiger partial charge in [0.05, 0.1) is 5.69 Å². The van der Waals surface area contributed by atoms with Crippen LogP contribution < -0.4 is 16.6 Å². The fraction of sp³-hybridized carbons (Fsp3) is 0.312. The second-order valence-corrected chi connectivity index (χ2v) is 6.91. The third kappa shape index (κ3) is 3.49. The van der Waals surface area contributed by atoms with Crippen molar-refractivity contribution < 1.29 is 9.32 Å². The molecule has 0 spiro atoms. The van der Waals surface area contributed by atoms with Crippen molar-refractivity contribution in [2.24, 2.45) is 0 Å². The Hall–Kier alpha value is -3.01. The molecule has 1 fully saturated rings. The van der Waals surface area contributed by atoms with Crippen molar-refractivity contribution in [2.45, 2.75) is 31.7 Å². The lowest BCUT2D eigenvalue weighted by molar-refractivity contribution is -0.116. The molecule has 1 amide bonds. The SMILES string of the molecule is O=C(CCn1ccc(=O)[nH]c1=O)Nc1ccsc1-c1nc(C2CC2)no1. The Morgan fingerprint density at radius 1 is 1.38 bits per heavy atom. The van der Waals surface area contributed by atoms with Crippen LogP contribution in [0.15, 0.2) is 37.8 Å². The molecule has 1 aliphatic rings. The van der Waals surface area contributed by atoms with Crippen LogP contribution >= 0.6 is 11.3 Å². The predicted octanol–water partition coefficient (Wildman–Crippen LogP) is 1.55. The summed E-state index contributed by atoms with van der Waals surface area (Å²) in [5, 5.41) is 8.62. The van der Waals surface area contributed by atoms with Crippen molar-refractivity contribution in [1.29, 1.82) is 0 Å². The Kier molecular flexibility index (Phi) is 4.25. The monoisotopic (exact) mass is 373 g/mol. The number of thiophene rings is 1. The number of amides is 1. The second-order valence-electron chi connectivity index (χ2n) is 6.00. The third-order valence-corrected chi connectivity index (χ3v) is 4.90. The number of aryl methyl sites for hydroxylation is 1. The maximum absolute atomic E-state index is 12.2. The molecule has 0 atom stereocenters. The van der Waals surface area contributed by atoms with Crippen molar-refractivity contribution >= 4 is 22.9 Å². The number of rotatable bonds is 6. The number of carbonyl (C=O) groups excluding carboxylic acids is 1. The highest BCUT2D eigenvalue weighted by atomic mass is 32.1. The first-order valence-electron chi connectivity index (χ1n) is 8.11. The molecule has 4 rings (SSSR count). The molecule has 1 saturated carbocycles. The van der Waals surface area contributed by atoms with E-state index in [2.05, 4.69) is 20.4 Å². The molecule has 0 bridgehead atoms. The number of hydrogen-bond donors (Lipinski definition) is 2. The van der Waals surface area contributed by atoms with Gasteiger partial charge in [0.1, 0.15) is 4.88 Å². The van der Waals surface area contributed by atoms with Crippen LogP contribution in [0.25, 0.3) is 10.8 Å². The van der Waals surface area contributed by atoms with Crippen LogP contribution in [0, 0.1) is 0 Å². The largest absolute Gasteiger partial charge is 0.333 e. The van der Waals surface area contributed by atoms with Crippen LogP contribution in [0.4, 0.5) is 5.69 Å². The first-order valence-corrected chi connectivity index (χ1v) is 8.99. The van der Waals surface area contributed by atoms with Crippen molar-refractivity contribution in [3.05, 3.63) is 50.4 Å². The van der Waals surface area contributed by atoms with E-state index >= 15 is 0 Å². The van der Waals surface area contributed by atoms with Gasteiger partial charge in [0.2, 0.25) is 5.91 Å². The molecule has 134 valence electrons. The average molecular weight is 373 g/mol. The van der Waals surface area contributed by atoms with Crippen LogP contribution in [0.5, 0.6) is 0 Å². The summed E-state index contributed by atoms with van der Waals surface area (Å²) in [6.45, 7) is 0.160. The molecule has 0 aromatic carbocycles. The third-order valence-electron chi connectivity index (χ3n) is 3.99. The van der Waals surface area contributed by atoms with Crippen molar-refractivity contribution in [1.82, 2.24) is 19.7 Å². The molecule has 3 aromatic heterocycles. The van der Waals surface area contributed by atoms with E-state index in [0.717, 1.165) is 12.8 Å². The maximum atomic E-state index is 12.2. The van der Waals surface area contributed by atoms with Crippen LogP contribution in [0.1, 0.15) is 31.0 Å². The van der Waals surface area contributed by atoms with Gasteiger partial charge in [-0.05, 0) is 24.3 Å². The Morgan fingerprint density at radius 3 is 3.00 bits per heavy atom. The molecule has 3 aromatic rings. The van der Waals surface area contributed by atoms with E-state index in [1.54, 1.807) is 6.07 Å². The Morgan fingerprint density at radius 2 is 2.23 bits per heavy atom. The summed E-state index contributed by atoms with van der Waals surface area (Å²) < 4.78 is 6.58. The van der Waals surface area contributed by atoms with E-state index in [0.29, 0.717) is 28.2 Å². The molecule has 0 saturated heterocycles. The fourth-order valence-corrected chi connectivity index (χ4v) is 3.23. The highest BCUT2D eigenvalue weighted by Gasteiger charge is 2.29. The predicted molar refractivity (Wildman–Crippen MR) is 94.2 cm³/mol. The van der Waals surface area contributed by atoms with Gasteiger partial charge < -0.3 is 14.4 Å². The van der Waals surface area contributed by atoms with Crippen LogP contribution in [-0.4, -0.2) is 25.6 Å². The summed E-state index contributed by atoms with van der Waals surface area (Å²) in [5.41, 5.74) is -0.413. The number of H-pyrrole nitrogens is 1. The smallest absolute Gasteiger partial charge is 0.328 e. The summed E-state index contributed by atoms with van der Waals surface area (Å²) in [5.74, 6) is 1.24. The van der Waals surface area contributed by atoms with Gasteiger partial charge in [-0.15, -0.1) is 11.3 Å². The van der Waals surface area contributed by atoms with E-state index in [-0.39, 0.29) is 18.9 Å². The molecule has 9 nitrogen and oxygen atoms in total. The Labute approximate surface area is 150 Å². The van der Waals surface area contributed by atoms with Gasteiger partial charge in [0.15, 0.2) is 5.82 Å². The standard InChI is InChI=1S/C16H15N5O4S/c22-11(3-6-21-7-4-12(23)18-16(21)24)17-10-5-8-26-13(10)15-19-14(20-25-15)9-1-2-9/h4-5,7-9H,1-3,6H2,(H,17,22)(H,18,23,24). The van der Waals surface area contributed by atoms with E-state index < -0.39 is 11.2 Å². The number of aromatic amines is 1. The highest BCUT2D eigenvalue weighted by Crippen LogP contribution is 2.40. The number of hydrogen-bond acceptors (Lipinski definition) is 7. The first-order chi connectivity index (χ1) is 12.6. The lowest BCUT2D eigenvalue weighted by Gasteiger charge is -2.06. The summed E-state index contributed by atoms with van der Waals surface area (Å²) in [7, 11) is 0. The molecule has 0 radical (unpaired) electrons. The van der Waals surface area contributed by atoms with E-state index in [1.165, 1.54) is 28.2 Å². The average Bonchev–Trinajstić information content (AvgIpc) is 3.16. The van der Waals surface area contributed by atoms with Crippen molar-refractivity contribution in [3.8, 4) is 10.8 Å². The lowest BCUT2D eigenvalue weighted by atomic mass is 10.3. The minimum Gasteiger partial charge on any atom is -0.333 e. The number of nitrogens with one attached hydrogen (secondary N) is 2. The first kappa shape index (κ1) is 16.5. The molecule has 2 N–H and O–H groups in total.